The molecule has 0 saturated carbocycles. The van der Waals surface area contributed by atoms with Crippen molar-refractivity contribution in [2.75, 3.05) is 11.5 Å². The van der Waals surface area contributed by atoms with Gasteiger partial charge in [-0.2, -0.15) is 9.78 Å². The average molecular weight is 468 g/mol. The van der Waals surface area contributed by atoms with Crippen molar-refractivity contribution in [1.82, 2.24) is 19.7 Å². The van der Waals surface area contributed by atoms with Gasteiger partial charge in [-0.25, -0.2) is 9.97 Å². The third-order valence-electron chi connectivity index (χ3n) is 6.30. The fourth-order valence-electron chi connectivity index (χ4n) is 4.82. The fraction of sp³-hybridized carbons (Fsp3) is 0.286. The zero-order valence-electron chi connectivity index (χ0n) is 20.5. The first-order chi connectivity index (χ1) is 16.9. The highest BCUT2D eigenvalue weighted by molar-refractivity contribution is 5.97. The molecule has 0 fully saturated rings. The molecular weight excluding hydrogens is 438 g/mol. The molecule has 2 aromatic carbocycles. The largest absolute Gasteiger partial charge is 0.494 e. The molecule has 4 aromatic rings. The van der Waals surface area contributed by atoms with Crippen molar-refractivity contribution >= 4 is 11.7 Å². The van der Waals surface area contributed by atoms with E-state index in [4.69, 9.17) is 9.84 Å². The highest BCUT2D eigenvalue weighted by Gasteiger charge is 2.38. The third kappa shape index (κ3) is 4.41. The van der Waals surface area contributed by atoms with E-state index in [1.54, 1.807) is 4.68 Å². The maximum atomic E-state index is 13.7. The second kappa shape index (κ2) is 9.33. The summed E-state index contributed by atoms with van der Waals surface area (Å²) >= 11 is 0. The van der Waals surface area contributed by atoms with E-state index in [-0.39, 0.29) is 11.8 Å². The second-order valence-electron chi connectivity index (χ2n) is 8.91. The van der Waals surface area contributed by atoms with E-state index >= 15 is 0 Å². The van der Waals surface area contributed by atoms with E-state index in [0.29, 0.717) is 25.5 Å². The first kappa shape index (κ1) is 22.8. The molecule has 3 heterocycles. The van der Waals surface area contributed by atoms with Crippen LogP contribution < -0.4 is 9.64 Å². The molecule has 1 aliphatic heterocycles. The van der Waals surface area contributed by atoms with Gasteiger partial charge in [-0.15, -0.1) is 0 Å². The van der Waals surface area contributed by atoms with Crippen LogP contribution in [-0.2, 0) is 11.3 Å². The molecule has 0 N–H and O–H groups in total. The normalized spacial score (nSPS) is 15.3. The Hall–Kier alpha value is -4.00. The van der Waals surface area contributed by atoms with Crippen LogP contribution in [0.1, 0.15) is 53.0 Å². The SMILES string of the molecule is CCOc1ccc([C@@H]2CC(=O)N(Cc3ccccc3)c3c2c(C)nn3-c2nc(C)cc(C)n2)cc1. The van der Waals surface area contributed by atoms with Crippen LogP contribution in [0, 0.1) is 20.8 Å². The second-order valence-corrected chi connectivity index (χ2v) is 8.91. The predicted molar refractivity (Wildman–Crippen MR) is 135 cm³/mol. The number of benzene rings is 2. The van der Waals surface area contributed by atoms with Crippen LogP contribution in [-0.4, -0.2) is 32.3 Å². The van der Waals surface area contributed by atoms with Gasteiger partial charge >= 0.3 is 0 Å². The molecule has 1 aliphatic rings. The summed E-state index contributed by atoms with van der Waals surface area (Å²) < 4.78 is 7.36. The summed E-state index contributed by atoms with van der Waals surface area (Å²) in [6.45, 7) is 8.91. The third-order valence-corrected chi connectivity index (χ3v) is 6.30. The first-order valence-corrected chi connectivity index (χ1v) is 11.9. The number of ether oxygens (including phenoxy) is 1. The summed E-state index contributed by atoms with van der Waals surface area (Å²) in [7, 11) is 0. The van der Waals surface area contributed by atoms with Crippen molar-refractivity contribution in [2.24, 2.45) is 0 Å². The van der Waals surface area contributed by atoms with Gasteiger partial charge in [-0.3, -0.25) is 9.69 Å². The minimum absolute atomic E-state index is 0.0470. The van der Waals surface area contributed by atoms with Crippen LogP contribution >= 0.6 is 0 Å². The Morgan fingerprint density at radius 3 is 2.31 bits per heavy atom. The number of nitrogens with zero attached hydrogens (tertiary/aromatic N) is 5. The molecule has 0 unspecified atom stereocenters. The Labute approximate surface area is 205 Å². The Morgan fingerprint density at radius 2 is 1.66 bits per heavy atom. The van der Waals surface area contributed by atoms with Gasteiger partial charge in [0.25, 0.3) is 5.95 Å². The number of carbonyl (C=O) groups is 1. The summed E-state index contributed by atoms with van der Waals surface area (Å²) in [5.74, 6) is 1.97. The maximum Gasteiger partial charge on any atom is 0.252 e. The van der Waals surface area contributed by atoms with E-state index in [2.05, 4.69) is 9.97 Å². The van der Waals surface area contributed by atoms with E-state index < -0.39 is 0 Å². The van der Waals surface area contributed by atoms with E-state index in [9.17, 15) is 4.79 Å². The van der Waals surface area contributed by atoms with Gasteiger partial charge < -0.3 is 4.74 Å². The number of amides is 1. The molecule has 2 aromatic heterocycles. The van der Waals surface area contributed by atoms with Gasteiger partial charge in [0, 0.05) is 29.3 Å². The molecule has 0 spiro atoms. The standard InChI is InChI=1S/C28H29N5O2/c1-5-35-23-13-11-22(12-14-23)24-16-25(34)32(17-21-9-7-6-8-10-21)27-26(24)20(4)31-33(27)28-29-18(2)15-19(3)30-28/h6-15,24H,5,16-17H2,1-4H3/t24-/m0/s1. The van der Waals surface area contributed by atoms with Crippen molar-refractivity contribution in [1.29, 1.82) is 0 Å². The molecule has 0 aliphatic carbocycles. The lowest BCUT2D eigenvalue weighted by molar-refractivity contribution is -0.119. The van der Waals surface area contributed by atoms with Gasteiger partial charge in [-0.05, 0) is 57.0 Å². The fourth-order valence-corrected chi connectivity index (χ4v) is 4.82. The summed E-state index contributed by atoms with van der Waals surface area (Å²) in [5.41, 5.74) is 5.73. The lowest BCUT2D eigenvalue weighted by Crippen LogP contribution is -2.38. The summed E-state index contributed by atoms with van der Waals surface area (Å²) in [6, 6.07) is 20.0. The molecule has 35 heavy (non-hydrogen) atoms. The van der Waals surface area contributed by atoms with Crippen molar-refractivity contribution in [3.05, 3.63) is 94.4 Å². The van der Waals surface area contributed by atoms with E-state index in [1.165, 1.54) is 0 Å². The molecule has 7 heteroatoms. The number of carbonyl (C=O) groups excluding carboxylic acids is 1. The van der Waals surface area contributed by atoms with Gasteiger partial charge in [-0.1, -0.05) is 42.5 Å². The molecule has 178 valence electrons. The number of aryl methyl sites for hydroxylation is 3. The quantitative estimate of drug-likeness (QED) is 0.397. The number of rotatable bonds is 6. The van der Waals surface area contributed by atoms with Crippen molar-refractivity contribution in [3.8, 4) is 11.7 Å². The topological polar surface area (TPSA) is 73.1 Å². The van der Waals surface area contributed by atoms with Crippen molar-refractivity contribution < 1.29 is 9.53 Å². The molecule has 0 saturated heterocycles. The van der Waals surface area contributed by atoms with Gasteiger partial charge in [0.05, 0.1) is 18.8 Å². The molecule has 0 radical (unpaired) electrons. The zero-order chi connectivity index (χ0) is 24.5. The monoisotopic (exact) mass is 467 g/mol. The number of hydrogen-bond donors (Lipinski definition) is 0. The van der Waals surface area contributed by atoms with Gasteiger partial charge in [0.2, 0.25) is 5.91 Å². The summed E-state index contributed by atoms with van der Waals surface area (Å²) in [4.78, 5) is 24.8. The van der Waals surface area contributed by atoms with Crippen LogP contribution in [0.5, 0.6) is 5.75 Å². The first-order valence-electron chi connectivity index (χ1n) is 11.9. The van der Waals surface area contributed by atoms with Crippen LogP contribution in [0.2, 0.25) is 0 Å². The predicted octanol–water partition coefficient (Wildman–Crippen LogP) is 5.06. The van der Waals surface area contributed by atoms with Crippen LogP contribution in [0.25, 0.3) is 5.95 Å². The van der Waals surface area contributed by atoms with Crippen LogP contribution in [0.15, 0.2) is 60.7 Å². The van der Waals surface area contributed by atoms with Gasteiger partial charge in [0.1, 0.15) is 11.6 Å². The smallest absolute Gasteiger partial charge is 0.252 e. The number of aromatic nitrogens is 4. The lowest BCUT2D eigenvalue weighted by Gasteiger charge is -2.33. The molecule has 5 rings (SSSR count). The molecule has 7 nitrogen and oxygen atoms in total. The van der Waals surface area contributed by atoms with E-state index in [0.717, 1.165) is 45.3 Å². The summed E-state index contributed by atoms with van der Waals surface area (Å²) in [5, 5.41) is 4.87. The summed E-state index contributed by atoms with van der Waals surface area (Å²) in [6.07, 6.45) is 0.369. The van der Waals surface area contributed by atoms with Crippen LogP contribution in [0.4, 0.5) is 5.82 Å². The highest BCUT2D eigenvalue weighted by atomic mass is 16.5. The molecular formula is C28H29N5O2. The number of hydrogen-bond acceptors (Lipinski definition) is 5. The number of fused-ring (bicyclic) bond motifs is 1. The Kier molecular flexibility index (Phi) is 6.07. The molecule has 1 amide bonds. The Morgan fingerprint density at radius 1 is 0.971 bits per heavy atom. The maximum absolute atomic E-state index is 13.7. The van der Waals surface area contributed by atoms with Crippen LogP contribution in [0.3, 0.4) is 0 Å². The Bertz CT molecular complexity index is 1340. The minimum atomic E-state index is -0.111. The van der Waals surface area contributed by atoms with E-state index in [1.807, 2.05) is 93.3 Å². The lowest BCUT2D eigenvalue weighted by atomic mass is 9.85. The molecule has 1 atom stereocenters. The number of anilines is 1. The van der Waals surface area contributed by atoms with Gasteiger partial charge in [0.15, 0.2) is 0 Å². The van der Waals surface area contributed by atoms with Crippen molar-refractivity contribution in [2.45, 2.75) is 46.6 Å². The Balaban J connectivity index is 1.67. The molecule has 0 bridgehead atoms. The zero-order valence-corrected chi connectivity index (χ0v) is 20.5. The van der Waals surface area contributed by atoms with Crippen molar-refractivity contribution in [3.63, 3.8) is 0 Å². The highest BCUT2D eigenvalue weighted by Crippen LogP contribution is 2.43. The minimum Gasteiger partial charge on any atom is -0.494 e. The average Bonchev–Trinajstić information content (AvgIpc) is 3.19.